The molecule has 0 bridgehead atoms. The number of imidazole rings is 1. The van der Waals surface area contributed by atoms with E-state index >= 15 is 0 Å². The Morgan fingerprint density at radius 3 is 3.14 bits per heavy atom. The minimum Gasteiger partial charge on any atom is -0.467 e. The standard InChI is InChI=1S/C16H21N3O2/c1-10(2)15-18-13-6-5-11(8-14(13)19-15)16(20)17-9-12-4-3-7-21-12/h3-4,7,10-11H,5-6,8-9H2,1-2H3,(H,17,20)(H,18,19). The highest BCUT2D eigenvalue weighted by atomic mass is 16.3. The van der Waals surface area contributed by atoms with Gasteiger partial charge in [0.15, 0.2) is 0 Å². The summed E-state index contributed by atoms with van der Waals surface area (Å²) in [5, 5.41) is 2.95. The van der Waals surface area contributed by atoms with Crippen molar-refractivity contribution in [2.75, 3.05) is 0 Å². The summed E-state index contributed by atoms with van der Waals surface area (Å²) in [6.07, 6.45) is 4.10. The third-order valence-electron chi connectivity index (χ3n) is 4.00. The van der Waals surface area contributed by atoms with Crippen molar-refractivity contribution in [3.8, 4) is 0 Å². The fourth-order valence-corrected chi connectivity index (χ4v) is 2.73. The zero-order valence-corrected chi connectivity index (χ0v) is 12.5. The molecule has 0 aliphatic heterocycles. The van der Waals surface area contributed by atoms with Crippen molar-refractivity contribution in [1.29, 1.82) is 0 Å². The van der Waals surface area contributed by atoms with Crippen LogP contribution in [-0.4, -0.2) is 15.9 Å². The van der Waals surface area contributed by atoms with E-state index in [0.29, 0.717) is 12.5 Å². The van der Waals surface area contributed by atoms with Gasteiger partial charge in [0.2, 0.25) is 5.91 Å². The van der Waals surface area contributed by atoms with Gasteiger partial charge in [0.25, 0.3) is 0 Å². The normalized spacial score (nSPS) is 17.8. The van der Waals surface area contributed by atoms with Gasteiger partial charge in [0, 0.05) is 24.0 Å². The number of hydrogen-bond acceptors (Lipinski definition) is 3. The number of aromatic nitrogens is 2. The first-order chi connectivity index (χ1) is 10.1. The SMILES string of the molecule is CC(C)c1nc2c([nH]1)CC(C(=O)NCc1ccco1)CC2. The van der Waals surface area contributed by atoms with Gasteiger partial charge in [-0.05, 0) is 25.0 Å². The number of fused-ring (bicyclic) bond motifs is 1. The number of H-pyrrole nitrogens is 1. The van der Waals surface area contributed by atoms with Crippen LogP contribution in [-0.2, 0) is 24.2 Å². The minimum atomic E-state index is 0.0212. The summed E-state index contributed by atoms with van der Waals surface area (Å²) in [5.41, 5.74) is 2.26. The van der Waals surface area contributed by atoms with Crippen molar-refractivity contribution in [1.82, 2.24) is 15.3 Å². The predicted octanol–water partition coefficient (Wildman–Crippen LogP) is 2.55. The predicted molar refractivity (Wildman–Crippen MR) is 78.7 cm³/mol. The van der Waals surface area contributed by atoms with E-state index in [0.717, 1.165) is 42.2 Å². The first-order valence-corrected chi connectivity index (χ1v) is 7.51. The van der Waals surface area contributed by atoms with Crippen molar-refractivity contribution in [2.45, 2.75) is 45.6 Å². The van der Waals surface area contributed by atoms with Gasteiger partial charge in [-0.2, -0.15) is 0 Å². The van der Waals surface area contributed by atoms with E-state index in [1.807, 2.05) is 12.1 Å². The van der Waals surface area contributed by atoms with Gasteiger partial charge >= 0.3 is 0 Å². The molecule has 1 atom stereocenters. The molecular weight excluding hydrogens is 266 g/mol. The van der Waals surface area contributed by atoms with Crippen molar-refractivity contribution in [3.05, 3.63) is 41.4 Å². The highest BCUT2D eigenvalue weighted by Crippen LogP contribution is 2.26. The molecule has 2 N–H and O–H groups in total. The van der Waals surface area contributed by atoms with Crippen molar-refractivity contribution in [2.24, 2.45) is 5.92 Å². The zero-order valence-electron chi connectivity index (χ0n) is 12.5. The highest BCUT2D eigenvalue weighted by molar-refractivity contribution is 5.79. The summed E-state index contributed by atoms with van der Waals surface area (Å²) in [5.74, 6) is 2.31. The van der Waals surface area contributed by atoms with Crippen LogP contribution in [0, 0.1) is 5.92 Å². The third kappa shape index (κ3) is 3.01. The van der Waals surface area contributed by atoms with Gasteiger partial charge in [-0.15, -0.1) is 0 Å². The lowest BCUT2D eigenvalue weighted by molar-refractivity contribution is -0.125. The molecule has 0 saturated carbocycles. The quantitative estimate of drug-likeness (QED) is 0.907. The van der Waals surface area contributed by atoms with E-state index in [2.05, 4.69) is 29.1 Å². The smallest absolute Gasteiger partial charge is 0.223 e. The number of amides is 1. The van der Waals surface area contributed by atoms with Crippen LogP contribution in [0.1, 0.15) is 49.2 Å². The summed E-state index contributed by atoms with van der Waals surface area (Å²) >= 11 is 0. The molecule has 1 aliphatic carbocycles. The fraction of sp³-hybridized carbons (Fsp3) is 0.500. The maximum absolute atomic E-state index is 12.3. The van der Waals surface area contributed by atoms with Gasteiger partial charge in [-0.1, -0.05) is 13.8 Å². The molecule has 1 aliphatic rings. The van der Waals surface area contributed by atoms with E-state index in [4.69, 9.17) is 4.42 Å². The molecule has 0 fully saturated rings. The van der Waals surface area contributed by atoms with Gasteiger partial charge in [-0.25, -0.2) is 4.98 Å². The number of carbonyl (C=O) groups is 1. The largest absolute Gasteiger partial charge is 0.467 e. The molecular formula is C16H21N3O2. The summed E-state index contributed by atoms with van der Waals surface area (Å²) in [4.78, 5) is 20.3. The molecule has 1 unspecified atom stereocenters. The van der Waals surface area contributed by atoms with Crippen LogP contribution in [0.2, 0.25) is 0 Å². The summed E-state index contributed by atoms with van der Waals surface area (Å²) in [6.45, 7) is 4.70. The van der Waals surface area contributed by atoms with Crippen LogP contribution in [0.4, 0.5) is 0 Å². The second kappa shape index (κ2) is 5.76. The Labute approximate surface area is 124 Å². The number of hydrogen-bond donors (Lipinski definition) is 2. The molecule has 3 rings (SSSR count). The highest BCUT2D eigenvalue weighted by Gasteiger charge is 2.27. The Morgan fingerprint density at radius 1 is 1.57 bits per heavy atom. The average molecular weight is 287 g/mol. The van der Waals surface area contributed by atoms with Crippen LogP contribution in [0.5, 0.6) is 0 Å². The lowest BCUT2D eigenvalue weighted by Crippen LogP contribution is -2.33. The summed E-state index contributed by atoms with van der Waals surface area (Å²) < 4.78 is 5.23. The number of rotatable bonds is 4. The Bertz CT molecular complexity index is 614. The lowest BCUT2D eigenvalue weighted by Gasteiger charge is -2.20. The number of nitrogens with one attached hydrogen (secondary N) is 2. The van der Waals surface area contributed by atoms with Crippen LogP contribution < -0.4 is 5.32 Å². The summed E-state index contributed by atoms with van der Waals surface area (Å²) in [6, 6.07) is 3.69. The van der Waals surface area contributed by atoms with Gasteiger partial charge in [-0.3, -0.25) is 4.79 Å². The van der Waals surface area contributed by atoms with Crippen molar-refractivity contribution in [3.63, 3.8) is 0 Å². The molecule has 5 heteroatoms. The first-order valence-electron chi connectivity index (χ1n) is 7.51. The number of carbonyl (C=O) groups excluding carboxylic acids is 1. The van der Waals surface area contributed by atoms with Gasteiger partial charge in [0.1, 0.15) is 11.6 Å². The molecule has 2 aromatic heterocycles. The summed E-state index contributed by atoms with van der Waals surface area (Å²) in [7, 11) is 0. The molecule has 0 radical (unpaired) electrons. The molecule has 1 amide bonds. The van der Waals surface area contributed by atoms with E-state index in [9.17, 15) is 4.79 Å². The van der Waals surface area contributed by atoms with Crippen molar-refractivity contribution >= 4 is 5.91 Å². The molecule has 0 spiro atoms. The maximum Gasteiger partial charge on any atom is 0.223 e. The van der Waals surface area contributed by atoms with Crippen LogP contribution in [0.25, 0.3) is 0 Å². The Morgan fingerprint density at radius 2 is 2.43 bits per heavy atom. The van der Waals surface area contributed by atoms with Crippen molar-refractivity contribution < 1.29 is 9.21 Å². The van der Waals surface area contributed by atoms with Crippen LogP contribution in [0.3, 0.4) is 0 Å². The van der Waals surface area contributed by atoms with E-state index in [1.165, 1.54) is 0 Å². The second-order valence-corrected chi connectivity index (χ2v) is 5.94. The average Bonchev–Trinajstić information content (AvgIpc) is 3.12. The number of aromatic amines is 1. The lowest BCUT2D eigenvalue weighted by atomic mass is 9.89. The second-order valence-electron chi connectivity index (χ2n) is 5.94. The number of furan rings is 1. The number of aryl methyl sites for hydroxylation is 1. The Balaban J connectivity index is 1.61. The van der Waals surface area contributed by atoms with E-state index < -0.39 is 0 Å². The van der Waals surface area contributed by atoms with Gasteiger partial charge in [0.05, 0.1) is 18.5 Å². The molecule has 2 aromatic rings. The zero-order chi connectivity index (χ0) is 14.8. The molecule has 2 heterocycles. The monoisotopic (exact) mass is 287 g/mol. The van der Waals surface area contributed by atoms with Crippen LogP contribution in [0.15, 0.2) is 22.8 Å². The molecule has 112 valence electrons. The minimum absolute atomic E-state index is 0.0212. The topological polar surface area (TPSA) is 70.9 Å². The molecule has 21 heavy (non-hydrogen) atoms. The molecule has 5 nitrogen and oxygen atoms in total. The Hall–Kier alpha value is -2.04. The third-order valence-corrected chi connectivity index (χ3v) is 4.00. The fourth-order valence-electron chi connectivity index (χ4n) is 2.73. The van der Waals surface area contributed by atoms with Gasteiger partial charge < -0.3 is 14.7 Å². The first kappa shape index (κ1) is 13.9. The Kier molecular flexibility index (Phi) is 3.82. The van der Waals surface area contributed by atoms with Crippen LogP contribution >= 0.6 is 0 Å². The molecule has 0 aromatic carbocycles. The van der Waals surface area contributed by atoms with E-state index in [-0.39, 0.29) is 11.8 Å². The maximum atomic E-state index is 12.3. The number of nitrogens with zero attached hydrogens (tertiary/aromatic N) is 1. The molecule has 0 saturated heterocycles. The van der Waals surface area contributed by atoms with E-state index in [1.54, 1.807) is 6.26 Å².